The molecule has 0 unspecified atom stereocenters. The van der Waals surface area contributed by atoms with Crippen molar-refractivity contribution in [3.63, 3.8) is 0 Å². The van der Waals surface area contributed by atoms with Crippen molar-refractivity contribution in [3.05, 3.63) is 59.2 Å². The predicted octanol–water partition coefficient (Wildman–Crippen LogP) is 3.26. The van der Waals surface area contributed by atoms with Crippen LogP contribution in [0, 0.1) is 29.0 Å². The van der Waals surface area contributed by atoms with E-state index < -0.39 is 5.82 Å². The largest absolute Gasteiger partial charge is 0.487 e. The standard InChI is InChI=1S/C16H10ClFN2O/c17-6-1-2-13-3-4-14(18)9-16(13)21-11-12-5-7-20-15(8-12)10-19/h3-5,7-9H,6,11H2. The molecule has 21 heavy (non-hydrogen) atoms. The molecule has 104 valence electrons. The molecule has 1 aromatic heterocycles. The Balaban J connectivity index is 2.19. The number of nitriles is 1. The molecule has 5 heteroatoms. The molecule has 2 aromatic rings. The van der Waals surface area contributed by atoms with Gasteiger partial charge in [0.1, 0.15) is 29.9 Å². The third kappa shape index (κ3) is 4.21. The van der Waals surface area contributed by atoms with Gasteiger partial charge in [0.25, 0.3) is 0 Å². The number of hydrogen-bond acceptors (Lipinski definition) is 3. The van der Waals surface area contributed by atoms with Gasteiger partial charge in [0.15, 0.2) is 0 Å². The summed E-state index contributed by atoms with van der Waals surface area (Å²) in [6, 6.07) is 9.41. The van der Waals surface area contributed by atoms with Crippen LogP contribution in [-0.2, 0) is 6.61 Å². The van der Waals surface area contributed by atoms with Gasteiger partial charge in [-0.05, 0) is 29.8 Å². The van der Waals surface area contributed by atoms with E-state index >= 15 is 0 Å². The number of alkyl halides is 1. The van der Waals surface area contributed by atoms with Crippen LogP contribution < -0.4 is 4.74 Å². The number of halogens is 2. The van der Waals surface area contributed by atoms with Crippen molar-refractivity contribution in [2.75, 3.05) is 5.88 Å². The van der Waals surface area contributed by atoms with Crippen molar-refractivity contribution in [1.29, 1.82) is 5.26 Å². The first-order chi connectivity index (χ1) is 10.2. The van der Waals surface area contributed by atoms with Crippen molar-refractivity contribution >= 4 is 11.6 Å². The van der Waals surface area contributed by atoms with Gasteiger partial charge in [-0.1, -0.05) is 11.8 Å². The summed E-state index contributed by atoms with van der Waals surface area (Å²) in [6.45, 7) is 0.191. The van der Waals surface area contributed by atoms with Gasteiger partial charge in [0, 0.05) is 12.3 Å². The van der Waals surface area contributed by atoms with Gasteiger partial charge in [-0.2, -0.15) is 5.26 Å². The fourth-order valence-electron chi connectivity index (χ4n) is 1.63. The first-order valence-corrected chi connectivity index (χ1v) is 6.58. The molecule has 0 spiro atoms. The Bertz CT molecular complexity index is 744. The number of rotatable bonds is 3. The molecular weight excluding hydrogens is 291 g/mol. The molecule has 2 rings (SSSR count). The molecule has 0 saturated carbocycles. The SMILES string of the molecule is N#Cc1cc(COc2cc(F)ccc2C#CCCl)ccn1. The quantitative estimate of drug-likeness (QED) is 0.645. The Kier molecular flexibility index (Phi) is 5.15. The van der Waals surface area contributed by atoms with Gasteiger partial charge in [-0.15, -0.1) is 11.6 Å². The van der Waals surface area contributed by atoms with Crippen LogP contribution in [0.15, 0.2) is 36.5 Å². The summed E-state index contributed by atoms with van der Waals surface area (Å²) < 4.78 is 18.9. The zero-order valence-electron chi connectivity index (χ0n) is 10.9. The number of nitrogens with zero attached hydrogens (tertiary/aromatic N) is 2. The van der Waals surface area contributed by atoms with Gasteiger partial charge in [-0.3, -0.25) is 0 Å². The van der Waals surface area contributed by atoms with E-state index in [9.17, 15) is 4.39 Å². The van der Waals surface area contributed by atoms with E-state index in [1.807, 2.05) is 6.07 Å². The minimum absolute atomic E-state index is 0.187. The number of pyridine rings is 1. The third-order valence-electron chi connectivity index (χ3n) is 2.57. The fraction of sp³-hybridized carbons (Fsp3) is 0.125. The summed E-state index contributed by atoms with van der Waals surface area (Å²) in [6.07, 6.45) is 1.52. The summed E-state index contributed by atoms with van der Waals surface area (Å²) in [4.78, 5) is 3.87. The van der Waals surface area contributed by atoms with Crippen molar-refractivity contribution in [2.24, 2.45) is 0 Å². The second kappa shape index (κ2) is 7.28. The van der Waals surface area contributed by atoms with E-state index in [1.54, 1.807) is 12.1 Å². The minimum Gasteiger partial charge on any atom is -0.487 e. The average molecular weight is 301 g/mol. The molecule has 0 N–H and O–H groups in total. The van der Waals surface area contributed by atoms with Crippen molar-refractivity contribution < 1.29 is 9.13 Å². The third-order valence-corrected chi connectivity index (χ3v) is 2.70. The summed E-state index contributed by atoms with van der Waals surface area (Å²) in [5.74, 6) is 5.63. The fourth-order valence-corrected chi connectivity index (χ4v) is 1.70. The van der Waals surface area contributed by atoms with Gasteiger partial charge in [0.2, 0.25) is 0 Å². The number of hydrogen-bond donors (Lipinski definition) is 0. The summed E-state index contributed by atoms with van der Waals surface area (Å²) in [5.41, 5.74) is 1.63. The maximum absolute atomic E-state index is 13.3. The molecule has 0 saturated heterocycles. The van der Waals surface area contributed by atoms with Crippen LogP contribution in [0.25, 0.3) is 0 Å². The van der Waals surface area contributed by atoms with Crippen LogP contribution in [0.1, 0.15) is 16.8 Å². The molecule has 3 nitrogen and oxygen atoms in total. The lowest BCUT2D eigenvalue weighted by Crippen LogP contribution is -1.99. The molecule has 0 amide bonds. The van der Waals surface area contributed by atoms with E-state index in [4.69, 9.17) is 21.6 Å². The summed E-state index contributed by atoms with van der Waals surface area (Å²) in [5, 5.41) is 8.79. The van der Waals surface area contributed by atoms with E-state index in [2.05, 4.69) is 16.8 Å². The van der Waals surface area contributed by atoms with E-state index in [-0.39, 0.29) is 12.5 Å². The lowest BCUT2D eigenvalue weighted by Gasteiger charge is -2.08. The van der Waals surface area contributed by atoms with Crippen LogP contribution >= 0.6 is 11.6 Å². The zero-order valence-corrected chi connectivity index (χ0v) is 11.7. The maximum atomic E-state index is 13.3. The second-order valence-electron chi connectivity index (χ2n) is 4.03. The summed E-state index contributed by atoms with van der Waals surface area (Å²) >= 11 is 5.52. The highest BCUT2D eigenvalue weighted by molar-refractivity contribution is 6.19. The topological polar surface area (TPSA) is 45.9 Å². The van der Waals surface area contributed by atoms with Crippen LogP contribution in [0.4, 0.5) is 4.39 Å². The minimum atomic E-state index is -0.408. The molecule has 0 aliphatic heterocycles. The van der Waals surface area contributed by atoms with Crippen LogP contribution in [0.3, 0.4) is 0 Å². The van der Waals surface area contributed by atoms with Gasteiger partial charge in [-0.25, -0.2) is 9.37 Å². The number of ether oxygens (including phenoxy) is 1. The normalized spacial score (nSPS) is 9.38. The van der Waals surface area contributed by atoms with Crippen molar-refractivity contribution in [1.82, 2.24) is 4.98 Å². The molecular formula is C16H10ClFN2O. The van der Waals surface area contributed by atoms with Crippen LogP contribution in [0.2, 0.25) is 0 Å². The molecule has 0 fully saturated rings. The smallest absolute Gasteiger partial charge is 0.140 e. The summed E-state index contributed by atoms with van der Waals surface area (Å²) in [7, 11) is 0. The molecule has 0 bridgehead atoms. The first kappa shape index (κ1) is 14.8. The number of benzene rings is 1. The molecule has 0 atom stereocenters. The second-order valence-corrected chi connectivity index (χ2v) is 4.29. The Morgan fingerprint density at radius 3 is 2.90 bits per heavy atom. The van der Waals surface area contributed by atoms with Gasteiger partial charge in [0.05, 0.1) is 11.4 Å². The number of aromatic nitrogens is 1. The predicted molar refractivity (Wildman–Crippen MR) is 77.3 cm³/mol. The van der Waals surface area contributed by atoms with Gasteiger partial charge >= 0.3 is 0 Å². The highest BCUT2D eigenvalue weighted by atomic mass is 35.5. The highest BCUT2D eigenvalue weighted by Gasteiger charge is 2.05. The van der Waals surface area contributed by atoms with Crippen LogP contribution in [-0.4, -0.2) is 10.9 Å². The highest BCUT2D eigenvalue weighted by Crippen LogP contribution is 2.20. The average Bonchev–Trinajstić information content (AvgIpc) is 2.52. The first-order valence-electron chi connectivity index (χ1n) is 6.05. The Hall–Kier alpha value is -2.56. The Morgan fingerprint density at radius 2 is 2.14 bits per heavy atom. The Labute approximate surface area is 127 Å². The van der Waals surface area contributed by atoms with Crippen molar-refractivity contribution in [2.45, 2.75) is 6.61 Å². The van der Waals surface area contributed by atoms with Crippen LogP contribution in [0.5, 0.6) is 5.75 Å². The maximum Gasteiger partial charge on any atom is 0.140 e. The lowest BCUT2D eigenvalue weighted by molar-refractivity contribution is 0.303. The van der Waals surface area contributed by atoms with E-state index in [0.29, 0.717) is 17.0 Å². The molecule has 1 heterocycles. The van der Waals surface area contributed by atoms with E-state index in [0.717, 1.165) is 5.56 Å². The monoisotopic (exact) mass is 300 g/mol. The van der Waals surface area contributed by atoms with Crippen molar-refractivity contribution in [3.8, 4) is 23.7 Å². The molecule has 0 aliphatic carbocycles. The molecule has 0 aliphatic rings. The Morgan fingerprint density at radius 1 is 1.29 bits per heavy atom. The lowest BCUT2D eigenvalue weighted by atomic mass is 10.2. The molecule has 1 aromatic carbocycles. The molecule has 0 radical (unpaired) electrons. The zero-order chi connectivity index (χ0) is 15.1. The van der Waals surface area contributed by atoms with E-state index in [1.165, 1.54) is 24.4 Å². The van der Waals surface area contributed by atoms with Gasteiger partial charge < -0.3 is 4.74 Å².